The summed E-state index contributed by atoms with van der Waals surface area (Å²) in [6, 6.07) is 5.81. The second-order valence-electron chi connectivity index (χ2n) is 4.60. The van der Waals surface area contributed by atoms with Crippen molar-refractivity contribution in [2.75, 3.05) is 37.9 Å². The molecule has 4 nitrogen and oxygen atoms in total. The highest BCUT2D eigenvalue weighted by molar-refractivity contribution is 5.61. The van der Waals surface area contributed by atoms with E-state index in [4.69, 9.17) is 15.6 Å². The molecule has 0 bridgehead atoms. The van der Waals surface area contributed by atoms with E-state index in [1.165, 1.54) is 0 Å². The van der Waals surface area contributed by atoms with Gasteiger partial charge >= 0.3 is 0 Å². The van der Waals surface area contributed by atoms with Crippen LogP contribution in [-0.2, 0) is 0 Å². The summed E-state index contributed by atoms with van der Waals surface area (Å²) < 4.78 is 5.69. The Hall–Kier alpha value is -1.42. The Balaban J connectivity index is 2.39. The van der Waals surface area contributed by atoms with E-state index < -0.39 is 0 Å². The largest absolute Gasteiger partial charge is 0.491 e. The van der Waals surface area contributed by atoms with Gasteiger partial charge < -0.3 is 20.5 Å². The van der Waals surface area contributed by atoms with Crippen molar-refractivity contribution in [3.63, 3.8) is 0 Å². The highest BCUT2D eigenvalue weighted by atomic mass is 16.5. The topological polar surface area (TPSA) is 58.7 Å². The Bertz CT molecular complexity index is 354. The van der Waals surface area contributed by atoms with Crippen LogP contribution >= 0.6 is 0 Å². The lowest BCUT2D eigenvalue weighted by Gasteiger charge is -2.15. The van der Waals surface area contributed by atoms with Gasteiger partial charge in [-0.3, -0.25) is 0 Å². The first-order valence-corrected chi connectivity index (χ1v) is 6.45. The smallest absolute Gasteiger partial charge is 0.144 e. The molecule has 0 aliphatic carbocycles. The summed E-state index contributed by atoms with van der Waals surface area (Å²) in [5, 5.41) is 8.67. The number of benzene rings is 1. The molecule has 0 spiro atoms. The van der Waals surface area contributed by atoms with Gasteiger partial charge in [-0.05, 0) is 31.4 Å². The number of aliphatic hydroxyl groups excluding tert-OH is 1. The summed E-state index contributed by atoms with van der Waals surface area (Å²) in [6.45, 7) is 0.950. The van der Waals surface area contributed by atoms with Crippen molar-refractivity contribution < 1.29 is 9.84 Å². The van der Waals surface area contributed by atoms with E-state index in [9.17, 15) is 0 Å². The lowest BCUT2D eigenvalue weighted by molar-refractivity contribution is 0.274. The summed E-state index contributed by atoms with van der Waals surface area (Å²) in [6.07, 6.45) is 3.99. The van der Waals surface area contributed by atoms with Crippen molar-refractivity contribution in [1.29, 1.82) is 0 Å². The van der Waals surface area contributed by atoms with Crippen molar-refractivity contribution in [3.05, 3.63) is 18.2 Å². The van der Waals surface area contributed by atoms with Crippen LogP contribution in [-0.4, -0.2) is 32.4 Å². The van der Waals surface area contributed by atoms with Gasteiger partial charge in [0.1, 0.15) is 5.75 Å². The molecule has 3 N–H and O–H groups in total. The van der Waals surface area contributed by atoms with Crippen LogP contribution in [0.25, 0.3) is 0 Å². The molecule has 0 unspecified atom stereocenters. The molecular weight excluding hydrogens is 228 g/mol. The highest BCUT2D eigenvalue weighted by Gasteiger charge is 2.03. The SMILES string of the molecule is CN(C)c1ccc(N)c(OCCCCCCO)c1. The third kappa shape index (κ3) is 4.84. The summed E-state index contributed by atoms with van der Waals surface area (Å²) in [5.41, 5.74) is 7.64. The van der Waals surface area contributed by atoms with Gasteiger partial charge in [0, 0.05) is 32.5 Å². The molecular formula is C14H24N2O2. The van der Waals surface area contributed by atoms with E-state index in [0.717, 1.165) is 37.1 Å². The van der Waals surface area contributed by atoms with E-state index in [1.54, 1.807) is 0 Å². The maximum Gasteiger partial charge on any atom is 0.144 e. The molecule has 0 aromatic heterocycles. The zero-order chi connectivity index (χ0) is 13.4. The van der Waals surface area contributed by atoms with Crippen molar-refractivity contribution in [3.8, 4) is 5.75 Å². The third-order valence-electron chi connectivity index (χ3n) is 2.82. The standard InChI is InChI=1S/C14H24N2O2/c1-16(2)12-7-8-13(15)14(11-12)18-10-6-4-3-5-9-17/h7-8,11,17H,3-6,9-10,15H2,1-2H3. The fourth-order valence-electron chi connectivity index (χ4n) is 1.68. The minimum Gasteiger partial charge on any atom is -0.491 e. The summed E-state index contributed by atoms with van der Waals surface area (Å²) in [4.78, 5) is 2.02. The van der Waals surface area contributed by atoms with Crippen LogP contribution in [0, 0.1) is 0 Å². The summed E-state index contributed by atoms with van der Waals surface area (Å²) in [7, 11) is 3.98. The maximum atomic E-state index is 8.67. The number of ether oxygens (including phenoxy) is 1. The molecule has 0 saturated carbocycles. The lowest BCUT2D eigenvalue weighted by atomic mass is 10.2. The molecule has 1 aromatic carbocycles. The first-order valence-electron chi connectivity index (χ1n) is 6.45. The van der Waals surface area contributed by atoms with Crippen LogP contribution in [0.15, 0.2) is 18.2 Å². The number of nitrogens with zero attached hydrogens (tertiary/aromatic N) is 1. The number of aliphatic hydroxyl groups is 1. The first kappa shape index (κ1) is 14.6. The van der Waals surface area contributed by atoms with Gasteiger partial charge in [0.05, 0.1) is 12.3 Å². The number of anilines is 2. The zero-order valence-corrected chi connectivity index (χ0v) is 11.4. The average Bonchev–Trinajstić information content (AvgIpc) is 2.35. The van der Waals surface area contributed by atoms with Crippen molar-refractivity contribution in [1.82, 2.24) is 0 Å². The van der Waals surface area contributed by atoms with E-state index >= 15 is 0 Å². The molecule has 0 atom stereocenters. The molecule has 0 radical (unpaired) electrons. The molecule has 0 aliphatic rings. The lowest BCUT2D eigenvalue weighted by Crippen LogP contribution is -2.09. The molecule has 0 aliphatic heterocycles. The van der Waals surface area contributed by atoms with Gasteiger partial charge in [-0.1, -0.05) is 6.42 Å². The Labute approximate surface area is 109 Å². The van der Waals surface area contributed by atoms with Gasteiger partial charge in [0.25, 0.3) is 0 Å². The molecule has 0 fully saturated rings. The molecule has 0 saturated heterocycles. The Morgan fingerprint density at radius 1 is 1.17 bits per heavy atom. The molecule has 0 heterocycles. The maximum absolute atomic E-state index is 8.67. The minimum atomic E-state index is 0.276. The number of rotatable bonds is 8. The second-order valence-corrected chi connectivity index (χ2v) is 4.60. The second kappa shape index (κ2) is 7.82. The predicted molar refractivity (Wildman–Crippen MR) is 76.2 cm³/mol. The molecule has 4 heteroatoms. The molecule has 1 aromatic rings. The normalized spacial score (nSPS) is 10.4. The predicted octanol–water partition coefficient (Wildman–Crippen LogP) is 2.27. The number of nitrogen functional groups attached to an aromatic ring is 1. The van der Waals surface area contributed by atoms with Crippen molar-refractivity contribution >= 4 is 11.4 Å². The van der Waals surface area contributed by atoms with Gasteiger partial charge in [-0.2, -0.15) is 0 Å². The van der Waals surface area contributed by atoms with Gasteiger partial charge in [-0.15, -0.1) is 0 Å². The monoisotopic (exact) mass is 252 g/mol. The zero-order valence-electron chi connectivity index (χ0n) is 11.4. The fraction of sp³-hybridized carbons (Fsp3) is 0.571. The molecule has 1 rings (SSSR count). The number of nitrogens with two attached hydrogens (primary N) is 1. The number of unbranched alkanes of at least 4 members (excludes halogenated alkanes) is 3. The number of hydrogen-bond acceptors (Lipinski definition) is 4. The summed E-state index contributed by atoms with van der Waals surface area (Å²) >= 11 is 0. The van der Waals surface area contributed by atoms with Gasteiger partial charge in [-0.25, -0.2) is 0 Å². The van der Waals surface area contributed by atoms with E-state index in [-0.39, 0.29) is 6.61 Å². The van der Waals surface area contributed by atoms with Crippen molar-refractivity contribution in [2.24, 2.45) is 0 Å². The van der Waals surface area contributed by atoms with E-state index in [1.807, 2.05) is 37.2 Å². The molecule has 18 heavy (non-hydrogen) atoms. The van der Waals surface area contributed by atoms with Crippen LogP contribution < -0.4 is 15.4 Å². The molecule has 102 valence electrons. The fourth-order valence-corrected chi connectivity index (χ4v) is 1.68. The van der Waals surface area contributed by atoms with Crippen LogP contribution in [0.2, 0.25) is 0 Å². The third-order valence-corrected chi connectivity index (χ3v) is 2.82. The Kier molecular flexibility index (Phi) is 6.36. The minimum absolute atomic E-state index is 0.276. The quantitative estimate of drug-likeness (QED) is 0.550. The van der Waals surface area contributed by atoms with Crippen molar-refractivity contribution in [2.45, 2.75) is 25.7 Å². The highest BCUT2D eigenvalue weighted by Crippen LogP contribution is 2.26. The van der Waals surface area contributed by atoms with Crippen LogP contribution in [0.3, 0.4) is 0 Å². The molecule has 0 amide bonds. The number of hydrogen-bond donors (Lipinski definition) is 2. The summed E-state index contributed by atoms with van der Waals surface area (Å²) in [5.74, 6) is 0.753. The van der Waals surface area contributed by atoms with Gasteiger partial charge in [0.2, 0.25) is 0 Å². The van der Waals surface area contributed by atoms with Crippen LogP contribution in [0.5, 0.6) is 5.75 Å². The van der Waals surface area contributed by atoms with Crippen LogP contribution in [0.1, 0.15) is 25.7 Å². The first-order chi connectivity index (χ1) is 8.65. The van der Waals surface area contributed by atoms with Crippen LogP contribution in [0.4, 0.5) is 11.4 Å². The van der Waals surface area contributed by atoms with E-state index in [0.29, 0.717) is 12.3 Å². The van der Waals surface area contributed by atoms with Gasteiger partial charge in [0.15, 0.2) is 0 Å². The Morgan fingerprint density at radius 2 is 1.89 bits per heavy atom. The Morgan fingerprint density at radius 3 is 2.56 bits per heavy atom. The van der Waals surface area contributed by atoms with E-state index in [2.05, 4.69) is 0 Å². The average molecular weight is 252 g/mol.